The summed E-state index contributed by atoms with van der Waals surface area (Å²) in [5, 5.41) is 19.4. The third-order valence-electron chi connectivity index (χ3n) is 4.40. The van der Waals surface area contributed by atoms with Crippen LogP contribution >= 0.6 is 0 Å². The molecule has 3 rings (SSSR count). The van der Waals surface area contributed by atoms with Crippen LogP contribution in [0.2, 0.25) is 0 Å². The van der Waals surface area contributed by atoms with E-state index in [0.717, 1.165) is 12.1 Å². The molecule has 0 N–H and O–H groups in total. The second kappa shape index (κ2) is 6.63. The molecule has 1 fully saturated rings. The lowest BCUT2D eigenvalue weighted by Gasteiger charge is -2.34. The summed E-state index contributed by atoms with van der Waals surface area (Å²) < 4.78 is 3.07. The van der Waals surface area contributed by atoms with Gasteiger partial charge in [0.2, 0.25) is 5.69 Å². The van der Waals surface area contributed by atoms with Gasteiger partial charge >= 0.3 is 5.69 Å². The van der Waals surface area contributed by atoms with Crippen molar-refractivity contribution >= 4 is 11.6 Å². The van der Waals surface area contributed by atoms with Gasteiger partial charge in [-0.05, 0) is 6.92 Å². The van der Waals surface area contributed by atoms with Crippen LogP contribution in [-0.2, 0) is 20.6 Å². The van der Waals surface area contributed by atoms with Crippen LogP contribution in [0.25, 0.3) is 0 Å². The summed E-state index contributed by atoms with van der Waals surface area (Å²) in [6, 6.07) is 0. The molecule has 25 heavy (non-hydrogen) atoms. The number of amides is 1. The van der Waals surface area contributed by atoms with Gasteiger partial charge in [0.25, 0.3) is 5.91 Å². The normalized spacial score (nSPS) is 15.6. The van der Waals surface area contributed by atoms with Gasteiger partial charge in [0.05, 0.1) is 11.1 Å². The quantitative estimate of drug-likeness (QED) is 0.583. The maximum absolute atomic E-state index is 12.8. The molecular formula is C15H21N7O3. The molecule has 3 heterocycles. The minimum Gasteiger partial charge on any atom is -0.335 e. The fourth-order valence-electron chi connectivity index (χ4n) is 3.18. The van der Waals surface area contributed by atoms with Crippen LogP contribution in [0.15, 0.2) is 12.4 Å². The number of piperazine rings is 1. The van der Waals surface area contributed by atoms with Crippen LogP contribution < -0.4 is 0 Å². The molecule has 0 atom stereocenters. The molecule has 10 nitrogen and oxygen atoms in total. The molecule has 134 valence electrons. The van der Waals surface area contributed by atoms with Crippen molar-refractivity contribution in [2.75, 3.05) is 26.2 Å². The molecule has 10 heteroatoms. The Kier molecular flexibility index (Phi) is 4.53. The highest BCUT2D eigenvalue weighted by Gasteiger charge is 2.33. The molecule has 0 aliphatic carbocycles. The minimum atomic E-state index is -0.534. The predicted octanol–water partition coefficient (Wildman–Crippen LogP) is 0.328. The smallest absolute Gasteiger partial charge is 0.322 e. The molecule has 1 saturated heterocycles. The van der Waals surface area contributed by atoms with Crippen molar-refractivity contribution in [2.45, 2.75) is 13.5 Å². The molecule has 2 aromatic rings. The lowest BCUT2D eigenvalue weighted by Crippen LogP contribution is -2.48. The Morgan fingerprint density at radius 1 is 1.28 bits per heavy atom. The van der Waals surface area contributed by atoms with Gasteiger partial charge in [-0.3, -0.25) is 29.2 Å². The van der Waals surface area contributed by atoms with E-state index in [2.05, 4.69) is 15.1 Å². The van der Waals surface area contributed by atoms with Gasteiger partial charge in [0.1, 0.15) is 5.69 Å². The number of carbonyl (C=O) groups excluding carboxylic acids is 1. The number of aryl methyl sites for hydroxylation is 3. The number of hydrogen-bond donors (Lipinski definition) is 0. The first kappa shape index (κ1) is 17.1. The lowest BCUT2D eigenvalue weighted by molar-refractivity contribution is -0.385. The third kappa shape index (κ3) is 3.38. The molecule has 0 spiro atoms. The zero-order valence-corrected chi connectivity index (χ0v) is 14.5. The van der Waals surface area contributed by atoms with Crippen molar-refractivity contribution in [1.82, 2.24) is 29.4 Å². The largest absolute Gasteiger partial charge is 0.335 e. The highest BCUT2D eigenvalue weighted by molar-refractivity contribution is 5.97. The van der Waals surface area contributed by atoms with Crippen LogP contribution in [0.4, 0.5) is 5.69 Å². The van der Waals surface area contributed by atoms with Gasteiger partial charge in [-0.1, -0.05) is 0 Å². The van der Waals surface area contributed by atoms with Crippen molar-refractivity contribution in [3.63, 3.8) is 0 Å². The highest BCUT2D eigenvalue weighted by atomic mass is 16.6. The summed E-state index contributed by atoms with van der Waals surface area (Å²) in [5.74, 6) is -0.337. The zero-order chi connectivity index (χ0) is 18.1. The standard InChI is InChI=1S/C15H21N7O3/c1-11-13(22(24)25)14(19(3)17-11)15(23)21-6-4-20(5-7-21)10-12-8-16-18(2)9-12/h8-9H,4-7,10H2,1-3H3. The van der Waals surface area contributed by atoms with E-state index in [4.69, 9.17) is 0 Å². The highest BCUT2D eigenvalue weighted by Crippen LogP contribution is 2.24. The number of carbonyl (C=O) groups is 1. The monoisotopic (exact) mass is 347 g/mol. The van der Waals surface area contributed by atoms with Gasteiger partial charge in [0, 0.05) is 58.6 Å². The number of nitrogens with zero attached hydrogens (tertiary/aromatic N) is 7. The van der Waals surface area contributed by atoms with Crippen molar-refractivity contribution in [3.05, 3.63) is 39.5 Å². The van der Waals surface area contributed by atoms with E-state index in [1.165, 1.54) is 4.68 Å². The number of hydrogen-bond acceptors (Lipinski definition) is 6. The number of rotatable bonds is 4. The molecule has 2 aromatic heterocycles. The summed E-state index contributed by atoms with van der Waals surface area (Å²) in [7, 11) is 3.44. The van der Waals surface area contributed by atoms with Crippen molar-refractivity contribution in [3.8, 4) is 0 Å². The molecule has 0 saturated carbocycles. The maximum Gasteiger partial charge on any atom is 0.322 e. The summed E-state index contributed by atoms with van der Waals surface area (Å²) in [4.78, 5) is 27.4. The fraction of sp³-hybridized carbons (Fsp3) is 0.533. The zero-order valence-electron chi connectivity index (χ0n) is 14.5. The third-order valence-corrected chi connectivity index (χ3v) is 4.40. The Bertz CT molecular complexity index is 802. The van der Waals surface area contributed by atoms with Crippen LogP contribution in [0.3, 0.4) is 0 Å². The molecule has 0 unspecified atom stereocenters. The Morgan fingerprint density at radius 2 is 1.96 bits per heavy atom. The maximum atomic E-state index is 12.8. The lowest BCUT2D eigenvalue weighted by atomic mass is 10.2. The Hall–Kier alpha value is -2.75. The SMILES string of the molecule is Cc1nn(C)c(C(=O)N2CCN(Cc3cnn(C)c3)CC2)c1[N+](=O)[O-]. The first-order valence-electron chi connectivity index (χ1n) is 8.04. The van der Waals surface area contributed by atoms with E-state index >= 15 is 0 Å². The van der Waals surface area contributed by atoms with Crippen molar-refractivity contribution < 1.29 is 9.72 Å². The van der Waals surface area contributed by atoms with Crippen LogP contribution in [0.5, 0.6) is 0 Å². The van der Waals surface area contributed by atoms with Crippen molar-refractivity contribution in [1.29, 1.82) is 0 Å². The van der Waals surface area contributed by atoms with Crippen LogP contribution in [0.1, 0.15) is 21.7 Å². The van der Waals surface area contributed by atoms with Gasteiger partial charge in [-0.2, -0.15) is 10.2 Å². The molecular weight excluding hydrogens is 326 g/mol. The second-order valence-electron chi connectivity index (χ2n) is 6.25. The second-order valence-corrected chi connectivity index (χ2v) is 6.25. The minimum absolute atomic E-state index is 0.0446. The van der Waals surface area contributed by atoms with E-state index in [0.29, 0.717) is 26.2 Å². The summed E-state index contributed by atoms with van der Waals surface area (Å²) in [6.07, 6.45) is 3.80. The van der Waals surface area contributed by atoms with Gasteiger partial charge < -0.3 is 4.90 Å². The van der Waals surface area contributed by atoms with E-state index < -0.39 is 4.92 Å². The van der Waals surface area contributed by atoms with Crippen molar-refractivity contribution in [2.24, 2.45) is 14.1 Å². The Labute approximate surface area is 144 Å². The number of nitro groups is 1. The summed E-state index contributed by atoms with van der Waals surface area (Å²) in [5.41, 5.74) is 1.22. The predicted molar refractivity (Wildman–Crippen MR) is 89.0 cm³/mol. The molecule has 0 bridgehead atoms. The van der Waals surface area contributed by atoms with Crippen LogP contribution in [0, 0.1) is 17.0 Å². The van der Waals surface area contributed by atoms with Gasteiger partial charge in [-0.15, -0.1) is 0 Å². The summed E-state index contributed by atoms with van der Waals surface area (Å²) >= 11 is 0. The van der Waals surface area contributed by atoms with E-state index in [9.17, 15) is 14.9 Å². The Balaban J connectivity index is 1.67. The molecule has 0 aromatic carbocycles. The molecule has 1 aliphatic rings. The first-order chi connectivity index (χ1) is 11.9. The average Bonchev–Trinajstić information content (AvgIpc) is 3.09. The van der Waals surface area contributed by atoms with Gasteiger partial charge in [0.15, 0.2) is 0 Å². The Morgan fingerprint density at radius 3 is 2.52 bits per heavy atom. The van der Waals surface area contributed by atoms with Gasteiger partial charge in [-0.25, -0.2) is 0 Å². The first-order valence-corrected chi connectivity index (χ1v) is 8.04. The topological polar surface area (TPSA) is 102 Å². The van der Waals surface area contributed by atoms with Crippen LogP contribution in [-0.4, -0.2) is 66.4 Å². The molecule has 0 radical (unpaired) electrons. The molecule has 1 amide bonds. The van der Waals surface area contributed by atoms with E-state index in [1.807, 2.05) is 19.4 Å². The summed E-state index contributed by atoms with van der Waals surface area (Å²) in [6.45, 7) is 4.80. The van der Waals surface area contributed by atoms with E-state index in [1.54, 1.807) is 23.6 Å². The number of aromatic nitrogens is 4. The average molecular weight is 347 g/mol. The fourth-order valence-corrected chi connectivity index (χ4v) is 3.18. The van der Waals surface area contributed by atoms with E-state index in [-0.39, 0.29) is 23.0 Å². The molecule has 1 aliphatic heterocycles.